The number of carboxylic acids is 1. The molecule has 2 amide bonds. The first-order chi connectivity index (χ1) is 18.2. The average Bonchev–Trinajstić information content (AvgIpc) is 3.14. The molecule has 8 nitrogen and oxygen atoms in total. The highest BCUT2D eigenvalue weighted by atomic mass is 16.4. The van der Waals surface area contributed by atoms with E-state index in [1.165, 1.54) is 6.08 Å². The van der Waals surface area contributed by atoms with E-state index in [4.69, 9.17) is 5.11 Å². The number of ketones is 2. The number of carboxylic acid groups (broad SMARTS) is 1. The van der Waals surface area contributed by atoms with Crippen molar-refractivity contribution in [2.45, 2.75) is 32.1 Å². The van der Waals surface area contributed by atoms with Crippen molar-refractivity contribution >= 4 is 40.1 Å². The number of rotatable bonds is 4. The minimum Gasteiger partial charge on any atom is -0.507 e. The first-order valence-corrected chi connectivity index (χ1v) is 12.7. The molecular weight excluding hydrogens is 486 g/mol. The number of hydrogen-bond donors (Lipinski definition) is 2. The second-order valence-electron chi connectivity index (χ2n) is 10.4. The maximum absolute atomic E-state index is 13.5. The molecule has 0 unspecified atom stereocenters. The number of Topliss-reactive ketones (excluding diaryl/α,β-unsaturated/α-hetero) is 1. The Balaban J connectivity index is 1.51. The largest absolute Gasteiger partial charge is 0.507 e. The van der Waals surface area contributed by atoms with Gasteiger partial charge in [0.2, 0.25) is 11.8 Å². The number of nitrogens with zero attached hydrogens (tertiary/aromatic N) is 1. The first kappa shape index (κ1) is 24.0. The van der Waals surface area contributed by atoms with E-state index in [0.717, 1.165) is 15.9 Å². The number of phenols is 1. The average molecular weight is 512 g/mol. The first-order valence-electron chi connectivity index (χ1n) is 12.7. The lowest BCUT2D eigenvalue weighted by atomic mass is 9.59. The highest BCUT2D eigenvalue weighted by Gasteiger charge is 2.56. The number of allylic oxidation sites excluding steroid dienone is 6. The molecule has 2 aromatic rings. The van der Waals surface area contributed by atoms with Crippen LogP contribution in [0.1, 0.15) is 37.7 Å². The third-order valence-corrected chi connectivity index (χ3v) is 8.45. The van der Waals surface area contributed by atoms with Gasteiger partial charge in [-0.3, -0.25) is 28.9 Å². The third-order valence-electron chi connectivity index (χ3n) is 8.45. The SMILES string of the molecule is CC1=CC(=O)C2=C(C1=O)[C@@H](c1ccc3ccccc3c1O)C1=CC[C@@H]3C(=O)N(CCC(=O)O)C(=O)[C@@H]3[C@@H]1C2. The van der Waals surface area contributed by atoms with E-state index in [1.807, 2.05) is 24.3 Å². The summed E-state index contributed by atoms with van der Waals surface area (Å²) in [7, 11) is 0. The normalized spacial score (nSPS) is 26.7. The van der Waals surface area contributed by atoms with E-state index in [9.17, 15) is 29.1 Å². The maximum Gasteiger partial charge on any atom is 0.305 e. The van der Waals surface area contributed by atoms with Crippen LogP contribution in [0.2, 0.25) is 0 Å². The molecule has 38 heavy (non-hydrogen) atoms. The molecule has 4 aliphatic rings. The zero-order chi connectivity index (χ0) is 26.9. The Hall–Kier alpha value is -4.33. The van der Waals surface area contributed by atoms with Crippen LogP contribution < -0.4 is 0 Å². The van der Waals surface area contributed by atoms with Crippen molar-refractivity contribution in [3.8, 4) is 5.75 Å². The van der Waals surface area contributed by atoms with E-state index in [2.05, 4.69) is 0 Å². The van der Waals surface area contributed by atoms with Crippen molar-refractivity contribution in [2.75, 3.05) is 6.54 Å². The summed E-state index contributed by atoms with van der Waals surface area (Å²) in [5.41, 5.74) is 2.17. The summed E-state index contributed by atoms with van der Waals surface area (Å²) in [5.74, 6) is -5.19. The van der Waals surface area contributed by atoms with Gasteiger partial charge >= 0.3 is 5.97 Å². The van der Waals surface area contributed by atoms with E-state index >= 15 is 0 Å². The summed E-state index contributed by atoms with van der Waals surface area (Å²) in [5, 5.41) is 21.9. The molecule has 1 saturated heterocycles. The number of carbonyl (C=O) groups excluding carboxylic acids is 4. The zero-order valence-corrected chi connectivity index (χ0v) is 20.6. The highest BCUT2D eigenvalue weighted by molar-refractivity contribution is 6.24. The number of carbonyl (C=O) groups is 5. The van der Waals surface area contributed by atoms with Gasteiger partial charge in [-0.15, -0.1) is 0 Å². The van der Waals surface area contributed by atoms with Crippen LogP contribution in [0.5, 0.6) is 5.75 Å². The van der Waals surface area contributed by atoms with Crippen molar-refractivity contribution < 1.29 is 34.2 Å². The quantitative estimate of drug-likeness (QED) is 0.365. The van der Waals surface area contributed by atoms with Crippen LogP contribution in [-0.4, -0.2) is 51.0 Å². The van der Waals surface area contributed by atoms with E-state index in [0.29, 0.717) is 27.7 Å². The van der Waals surface area contributed by atoms with Crippen LogP contribution in [0.25, 0.3) is 10.8 Å². The van der Waals surface area contributed by atoms with Gasteiger partial charge in [0.15, 0.2) is 11.6 Å². The van der Waals surface area contributed by atoms with Crippen LogP contribution >= 0.6 is 0 Å². The van der Waals surface area contributed by atoms with Gasteiger partial charge in [0, 0.05) is 40.1 Å². The van der Waals surface area contributed by atoms with Gasteiger partial charge < -0.3 is 10.2 Å². The molecule has 0 radical (unpaired) electrons. The molecule has 0 bridgehead atoms. The van der Waals surface area contributed by atoms with Crippen molar-refractivity contribution in [1.29, 1.82) is 0 Å². The summed E-state index contributed by atoms with van der Waals surface area (Å²) in [6.45, 7) is 1.39. The highest BCUT2D eigenvalue weighted by Crippen LogP contribution is 2.56. The number of hydrogen-bond acceptors (Lipinski definition) is 6. The van der Waals surface area contributed by atoms with Crippen molar-refractivity contribution in [3.05, 3.63) is 76.4 Å². The third kappa shape index (κ3) is 3.40. The lowest BCUT2D eigenvalue weighted by Gasteiger charge is -2.42. The van der Waals surface area contributed by atoms with Crippen molar-refractivity contribution in [1.82, 2.24) is 4.90 Å². The molecule has 0 spiro atoms. The molecular formula is C30H25NO7. The Bertz CT molecular complexity index is 1580. The summed E-state index contributed by atoms with van der Waals surface area (Å²) >= 11 is 0. The molecule has 1 heterocycles. The lowest BCUT2D eigenvalue weighted by Crippen LogP contribution is -2.40. The Morgan fingerprint density at radius 2 is 1.79 bits per heavy atom. The summed E-state index contributed by atoms with van der Waals surface area (Å²) < 4.78 is 0. The Morgan fingerprint density at radius 3 is 2.55 bits per heavy atom. The molecule has 2 aromatic carbocycles. The summed E-state index contributed by atoms with van der Waals surface area (Å²) in [6.07, 6.45) is 3.24. The number of phenolic OH excluding ortho intramolecular Hbond substituents is 1. The molecule has 0 saturated carbocycles. The fraction of sp³-hybridized carbons (Fsp3) is 0.300. The standard InChI is InChI=1S/C30H25NO7/c1-14-12-22(32)21-13-20-17(8-9-19-25(20)30(38)31(29(19)37)11-10-23(33)34)24(26(21)27(14)35)18-7-6-15-4-2-3-5-16(15)28(18)36/h2-8,12,19-20,24-25,36H,9-11,13H2,1H3,(H,33,34)/t19-,20+,24+,25-/m0/s1. The number of aliphatic carboxylic acids is 1. The Kier molecular flexibility index (Phi) is 5.45. The van der Waals surface area contributed by atoms with Crippen LogP contribution in [0.3, 0.4) is 0 Å². The van der Waals surface area contributed by atoms with Gasteiger partial charge in [-0.25, -0.2) is 0 Å². The molecule has 1 fully saturated rings. The number of amides is 2. The number of imide groups is 1. The molecule has 8 heteroatoms. The minimum atomic E-state index is -1.10. The van der Waals surface area contributed by atoms with Gasteiger partial charge in [0.05, 0.1) is 18.3 Å². The van der Waals surface area contributed by atoms with E-state index in [1.54, 1.807) is 25.1 Å². The molecule has 3 aliphatic carbocycles. The molecule has 192 valence electrons. The minimum absolute atomic E-state index is 0.00740. The fourth-order valence-electron chi connectivity index (χ4n) is 6.71. The van der Waals surface area contributed by atoms with Gasteiger partial charge in [0.1, 0.15) is 5.75 Å². The van der Waals surface area contributed by atoms with Crippen LogP contribution in [0.15, 0.2) is 70.8 Å². The van der Waals surface area contributed by atoms with Gasteiger partial charge in [-0.05, 0) is 37.1 Å². The molecule has 1 aliphatic heterocycles. The molecule has 4 atom stereocenters. The topological polar surface area (TPSA) is 129 Å². The Morgan fingerprint density at radius 1 is 1.03 bits per heavy atom. The molecule has 2 N–H and O–H groups in total. The van der Waals surface area contributed by atoms with E-state index < -0.39 is 41.5 Å². The maximum atomic E-state index is 13.5. The lowest BCUT2D eigenvalue weighted by molar-refractivity contribution is -0.142. The molecule has 6 rings (SSSR count). The second kappa shape index (κ2) is 8.62. The van der Waals surface area contributed by atoms with Crippen LogP contribution in [-0.2, 0) is 24.0 Å². The predicted molar refractivity (Wildman–Crippen MR) is 136 cm³/mol. The number of fused-ring (bicyclic) bond motifs is 4. The fourth-order valence-corrected chi connectivity index (χ4v) is 6.71. The monoisotopic (exact) mass is 511 g/mol. The summed E-state index contributed by atoms with van der Waals surface area (Å²) in [6, 6.07) is 10.9. The number of likely N-dealkylation sites (tertiary alicyclic amines) is 1. The van der Waals surface area contributed by atoms with Gasteiger partial charge in [-0.2, -0.15) is 0 Å². The van der Waals surface area contributed by atoms with E-state index in [-0.39, 0.29) is 43.1 Å². The summed E-state index contributed by atoms with van der Waals surface area (Å²) in [4.78, 5) is 65.5. The van der Waals surface area contributed by atoms with Crippen molar-refractivity contribution in [2.24, 2.45) is 17.8 Å². The van der Waals surface area contributed by atoms with Gasteiger partial charge in [-0.1, -0.05) is 48.0 Å². The Labute approximate surface area is 217 Å². The van der Waals surface area contributed by atoms with Gasteiger partial charge in [0.25, 0.3) is 0 Å². The predicted octanol–water partition coefficient (Wildman–Crippen LogP) is 3.45. The smallest absolute Gasteiger partial charge is 0.305 e. The molecule has 0 aromatic heterocycles. The second-order valence-corrected chi connectivity index (χ2v) is 10.4. The zero-order valence-electron chi connectivity index (χ0n) is 20.6. The van der Waals surface area contributed by atoms with Crippen LogP contribution in [0.4, 0.5) is 0 Å². The number of aromatic hydroxyl groups is 1. The van der Waals surface area contributed by atoms with Crippen molar-refractivity contribution in [3.63, 3.8) is 0 Å². The van der Waals surface area contributed by atoms with Crippen LogP contribution in [0, 0.1) is 17.8 Å². The number of benzene rings is 2.